The highest BCUT2D eigenvalue weighted by Crippen LogP contribution is 2.24. The molecule has 0 unspecified atom stereocenters. The molecule has 1 aromatic carbocycles. The predicted octanol–water partition coefficient (Wildman–Crippen LogP) is 2.37. The van der Waals surface area contributed by atoms with Gasteiger partial charge < -0.3 is 5.73 Å². The molecular formula is C15H12ClN5O. The topological polar surface area (TPSA) is 97.6 Å². The Balaban J connectivity index is 1.92. The van der Waals surface area contributed by atoms with Crippen molar-refractivity contribution < 1.29 is 4.79 Å². The highest BCUT2D eigenvalue weighted by molar-refractivity contribution is 6.17. The normalized spacial score (nSPS) is 10.6. The molecule has 3 aromatic rings. The number of rotatable bonds is 4. The fraction of sp³-hybridized carbons (Fsp3) is 0.0667. The number of hydrogen-bond donors (Lipinski definition) is 2. The van der Waals surface area contributed by atoms with Crippen molar-refractivity contribution in [1.29, 1.82) is 0 Å². The number of aromatic nitrogens is 4. The van der Waals surface area contributed by atoms with Crippen LogP contribution in [0, 0.1) is 0 Å². The lowest BCUT2D eigenvalue weighted by atomic mass is 10.0. The molecule has 2 heterocycles. The molecule has 0 fully saturated rings. The number of benzene rings is 1. The maximum Gasteiger partial charge on any atom is 0.271 e. The number of pyridine rings is 1. The minimum atomic E-state index is -0.619. The Morgan fingerprint density at radius 2 is 1.82 bits per heavy atom. The van der Waals surface area contributed by atoms with Crippen molar-refractivity contribution in [2.24, 2.45) is 5.73 Å². The molecule has 0 aliphatic carbocycles. The Hall–Kier alpha value is -2.73. The Morgan fingerprint density at radius 1 is 1.09 bits per heavy atom. The van der Waals surface area contributed by atoms with Crippen molar-refractivity contribution in [1.82, 2.24) is 20.4 Å². The van der Waals surface area contributed by atoms with Crippen LogP contribution in [0.1, 0.15) is 16.1 Å². The zero-order valence-corrected chi connectivity index (χ0v) is 12.2. The van der Waals surface area contributed by atoms with Crippen molar-refractivity contribution in [3.8, 4) is 22.5 Å². The van der Waals surface area contributed by atoms with Gasteiger partial charge in [-0.3, -0.25) is 9.78 Å². The van der Waals surface area contributed by atoms with Gasteiger partial charge in [-0.05, 0) is 11.6 Å². The maximum atomic E-state index is 11.3. The smallest absolute Gasteiger partial charge is 0.271 e. The van der Waals surface area contributed by atoms with Crippen LogP contribution in [-0.2, 0) is 5.88 Å². The van der Waals surface area contributed by atoms with Crippen molar-refractivity contribution >= 4 is 17.5 Å². The molecule has 110 valence electrons. The quantitative estimate of drug-likeness (QED) is 0.722. The lowest BCUT2D eigenvalue weighted by molar-refractivity contribution is 0.0996. The molecular weight excluding hydrogens is 302 g/mol. The van der Waals surface area contributed by atoms with E-state index in [4.69, 9.17) is 17.3 Å². The van der Waals surface area contributed by atoms with E-state index in [1.807, 2.05) is 36.4 Å². The van der Waals surface area contributed by atoms with Crippen molar-refractivity contribution in [3.63, 3.8) is 0 Å². The molecule has 22 heavy (non-hydrogen) atoms. The lowest BCUT2D eigenvalue weighted by Gasteiger charge is -2.03. The summed E-state index contributed by atoms with van der Waals surface area (Å²) in [6, 6.07) is 11.3. The second kappa shape index (κ2) is 5.95. The van der Waals surface area contributed by atoms with Crippen LogP contribution in [-0.4, -0.2) is 26.3 Å². The van der Waals surface area contributed by atoms with Crippen molar-refractivity contribution in [2.75, 3.05) is 0 Å². The molecule has 3 N–H and O–H groups in total. The number of hydrogen-bond acceptors (Lipinski definition) is 4. The van der Waals surface area contributed by atoms with Gasteiger partial charge in [0.2, 0.25) is 0 Å². The predicted molar refractivity (Wildman–Crippen MR) is 83.1 cm³/mol. The van der Waals surface area contributed by atoms with Gasteiger partial charge in [0.1, 0.15) is 5.69 Å². The van der Waals surface area contributed by atoms with Crippen LogP contribution in [0.4, 0.5) is 0 Å². The number of carbonyl (C=O) groups excluding carboxylic acids is 1. The summed E-state index contributed by atoms with van der Waals surface area (Å²) in [5.74, 6) is -0.181. The maximum absolute atomic E-state index is 11.3. The number of aromatic amines is 1. The van der Waals surface area contributed by atoms with Gasteiger partial charge >= 0.3 is 0 Å². The Kier molecular flexibility index (Phi) is 3.84. The monoisotopic (exact) mass is 313 g/mol. The third-order valence-electron chi connectivity index (χ3n) is 3.21. The van der Waals surface area contributed by atoms with E-state index in [1.54, 1.807) is 6.20 Å². The summed E-state index contributed by atoms with van der Waals surface area (Å²) in [6.45, 7) is 0. The molecule has 2 aromatic heterocycles. The van der Waals surface area contributed by atoms with Crippen molar-refractivity contribution in [3.05, 3.63) is 53.9 Å². The van der Waals surface area contributed by atoms with E-state index >= 15 is 0 Å². The number of nitrogens with zero attached hydrogens (tertiary/aromatic N) is 3. The van der Waals surface area contributed by atoms with Gasteiger partial charge in [-0.25, -0.2) is 0 Å². The summed E-state index contributed by atoms with van der Waals surface area (Å²) in [5.41, 5.74) is 9.34. The van der Waals surface area contributed by atoms with Crippen LogP contribution < -0.4 is 5.73 Å². The van der Waals surface area contributed by atoms with Crippen LogP contribution in [0.15, 0.2) is 42.6 Å². The van der Waals surface area contributed by atoms with Crippen molar-refractivity contribution in [2.45, 2.75) is 5.88 Å². The molecule has 1 amide bonds. The van der Waals surface area contributed by atoms with Crippen LogP contribution in [0.3, 0.4) is 0 Å². The minimum Gasteiger partial charge on any atom is -0.364 e. The van der Waals surface area contributed by atoms with E-state index in [0.29, 0.717) is 11.6 Å². The third-order valence-corrected chi connectivity index (χ3v) is 3.52. The summed E-state index contributed by atoms with van der Waals surface area (Å²) in [4.78, 5) is 15.6. The molecule has 0 aliphatic rings. The van der Waals surface area contributed by atoms with Crippen LogP contribution in [0.25, 0.3) is 22.5 Å². The first-order valence-corrected chi connectivity index (χ1v) is 7.05. The minimum absolute atomic E-state index is 0.123. The molecule has 0 saturated carbocycles. The fourth-order valence-corrected chi connectivity index (χ4v) is 2.24. The largest absolute Gasteiger partial charge is 0.364 e. The number of H-pyrrole nitrogens is 1. The van der Waals surface area contributed by atoms with Gasteiger partial charge in [-0.15, -0.1) is 11.6 Å². The second-order valence-electron chi connectivity index (χ2n) is 4.65. The van der Waals surface area contributed by atoms with E-state index in [0.717, 1.165) is 22.4 Å². The fourth-order valence-electron chi connectivity index (χ4n) is 2.08. The summed E-state index contributed by atoms with van der Waals surface area (Å²) in [7, 11) is 0. The average molecular weight is 314 g/mol. The first-order valence-electron chi connectivity index (χ1n) is 6.51. The van der Waals surface area contributed by atoms with Gasteiger partial charge in [-0.2, -0.15) is 15.4 Å². The van der Waals surface area contributed by atoms with E-state index in [1.165, 1.54) is 0 Å². The molecule has 7 heteroatoms. The first-order chi connectivity index (χ1) is 10.7. The van der Waals surface area contributed by atoms with Gasteiger partial charge in [0.05, 0.1) is 5.69 Å². The van der Waals surface area contributed by atoms with Crippen LogP contribution in [0.2, 0.25) is 0 Å². The third kappa shape index (κ3) is 2.68. The van der Waals surface area contributed by atoms with Gasteiger partial charge in [0, 0.05) is 23.2 Å². The van der Waals surface area contributed by atoms with E-state index in [-0.39, 0.29) is 5.69 Å². The zero-order valence-electron chi connectivity index (χ0n) is 11.5. The van der Waals surface area contributed by atoms with E-state index in [9.17, 15) is 4.79 Å². The summed E-state index contributed by atoms with van der Waals surface area (Å²) in [6.07, 6.45) is 1.75. The number of nitrogens with two attached hydrogens (primary N) is 1. The van der Waals surface area contributed by atoms with E-state index < -0.39 is 5.91 Å². The SMILES string of the molecule is NC(=O)c1n[nH]nc1-c1ccc(-c2ccc(CCl)cn2)cc1. The Morgan fingerprint density at radius 3 is 2.41 bits per heavy atom. The first kappa shape index (κ1) is 14.2. The number of nitrogens with one attached hydrogen (secondary N) is 1. The molecule has 3 rings (SSSR count). The molecule has 0 saturated heterocycles. The summed E-state index contributed by atoms with van der Waals surface area (Å²) < 4.78 is 0. The Bertz CT molecular complexity index is 796. The molecule has 0 bridgehead atoms. The summed E-state index contributed by atoms with van der Waals surface area (Å²) >= 11 is 5.75. The van der Waals surface area contributed by atoms with E-state index in [2.05, 4.69) is 20.4 Å². The zero-order chi connectivity index (χ0) is 15.5. The summed E-state index contributed by atoms with van der Waals surface area (Å²) in [5, 5.41) is 10.1. The Labute approximate surface area is 131 Å². The van der Waals surface area contributed by atoms with Gasteiger partial charge in [0.15, 0.2) is 5.69 Å². The lowest BCUT2D eigenvalue weighted by Crippen LogP contribution is -2.12. The molecule has 0 radical (unpaired) electrons. The number of halogens is 1. The average Bonchev–Trinajstić information content (AvgIpc) is 3.05. The highest BCUT2D eigenvalue weighted by Gasteiger charge is 2.15. The number of carbonyl (C=O) groups is 1. The van der Waals surface area contributed by atoms with Crippen LogP contribution >= 0.6 is 11.6 Å². The second-order valence-corrected chi connectivity index (χ2v) is 4.92. The van der Waals surface area contributed by atoms with Crippen LogP contribution in [0.5, 0.6) is 0 Å². The van der Waals surface area contributed by atoms with Gasteiger partial charge in [-0.1, -0.05) is 30.3 Å². The number of primary amides is 1. The molecule has 6 nitrogen and oxygen atoms in total. The highest BCUT2D eigenvalue weighted by atomic mass is 35.5. The molecule has 0 aliphatic heterocycles. The number of alkyl halides is 1. The number of amides is 1. The molecule has 0 atom stereocenters. The standard InChI is InChI=1S/C15H12ClN5O/c16-7-9-1-6-12(18-8-9)10-2-4-11(5-3-10)13-14(15(17)22)20-21-19-13/h1-6,8H,7H2,(H2,17,22)(H,19,20,21). The molecule has 0 spiro atoms. The van der Waals surface area contributed by atoms with Gasteiger partial charge in [0.25, 0.3) is 5.91 Å².